The van der Waals surface area contributed by atoms with Gasteiger partial charge in [0.25, 0.3) is 0 Å². The van der Waals surface area contributed by atoms with E-state index in [9.17, 15) is 4.79 Å². The minimum Gasteiger partial charge on any atom is -0.342 e. The lowest BCUT2D eigenvalue weighted by atomic mass is 9.97. The van der Waals surface area contributed by atoms with Crippen LogP contribution in [-0.2, 0) is 11.3 Å². The first-order valence-corrected chi connectivity index (χ1v) is 8.39. The van der Waals surface area contributed by atoms with Crippen molar-refractivity contribution in [2.24, 2.45) is 5.92 Å². The van der Waals surface area contributed by atoms with Crippen molar-refractivity contribution in [3.05, 3.63) is 36.4 Å². The molecular formula is C18H24N4O. The first-order chi connectivity index (χ1) is 11.2. The van der Waals surface area contributed by atoms with Crippen LogP contribution < -0.4 is 0 Å². The highest BCUT2D eigenvalue weighted by atomic mass is 16.2. The van der Waals surface area contributed by atoms with Crippen LogP contribution in [0.25, 0.3) is 11.4 Å². The molecule has 23 heavy (non-hydrogen) atoms. The van der Waals surface area contributed by atoms with Crippen LogP contribution >= 0.6 is 0 Å². The zero-order valence-corrected chi connectivity index (χ0v) is 13.9. The second-order valence-corrected chi connectivity index (χ2v) is 6.28. The summed E-state index contributed by atoms with van der Waals surface area (Å²) in [7, 11) is 0. The molecule has 1 fully saturated rings. The summed E-state index contributed by atoms with van der Waals surface area (Å²) in [4.78, 5) is 22.7. The van der Waals surface area contributed by atoms with Crippen molar-refractivity contribution in [1.82, 2.24) is 19.4 Å². The largest absolute Gasteiger partial charge is 0.342 e. The zero-order valence-electron chi connectivity index (χ0n) is 13.9. The van der Waals surface area contributed by atoms with Gasteiger partial charge in [-0.1, -0.05) is 6.92 Å². The van der Waals surface area contributed by atoms with Crippen LogP contribution in [0.2, 0.25) is 0 Å². The van der Waals surface area contributed by atoms with Gasteiger partial charge in [-0.15, -0.1) is 0 Å². The van der Waals surface area contributed by atoms with Crippen LogP contribution in [0.1, 0.15) is 31.9 Å². The number of hydrogen-bond acceptors (Lipinski definition) is 3. The molecule has 0 spiro atoms. The predicted octanol–water partition coefficient (Wildman–Crippen LogP) is 2.90. The molecule has 0 aliphatic carbocycles. The van der Waals surface area contributed by atoms with Gasteiger partial charge in [0.1, 0.15) is 5.82 Å². The summed E-state index contributed by atoms with van der Waals surface area (Å²) in [6.07, 6.45) is 8.40. The van der Waals surface area contributed by atoms with E-state index in [-0.39, 0.29) is 5.91 Å². The molecule has 2 aromatic heterocycles. The number of amides is 1. The monoisotopic (exact) mass is 312 g/mol. The van der Waals surface area contributed by atoms with Crippen LogP contribution in [0.5, 0.6) is 0 Å². The van der Waals surface area contributed by atoms with Crippen molar-refractivity contribution in [2.75, 3.05) is 13.1 Å². The van der Waals surface area contributed by atoms with Gasteiger partial charge in [0.2, 0.25) is 5.91 Å². The van der Waals surface area contributed by atoms with E-state index in [0.717, 1.165) is 49.6 Å². The summed E-state index contributed by atoms with van der Waals surface area (Å²) in [5.41, 5.74) is 2.20. The van der Waals surface area contributed by atoms with E-state index < -0.39 is 0 Å². The predicted molar refractivity (Wildman–Crippen MR) is 89.8 cm³/mol. The molecule has 5 nitrogen and oxygen atoms in total. The Morgan fingerprint density at radius 2 is 2.26 bits per heavy atom. The molecule has 1 aliphatic rings. The molecule has 5 heteroatoms. The molecule has 0 N–H and O–H groups in total. The molecule has 0 radical (unpaired) electrons. The Morgan fingerprint density at radius 1 is 1.39 bits per heavy atom. The van der Waals surface area contributed by atoms with Crippen molar-refractivity contribution in [1.29, 1.82) is 0 Å². The Kier molecular flexibility index (Phi) is 4.74. The lowest BCUT2D eigenvalue weighted by molar-refractivity contribution is -0.132. The van der Waals surface area contributed by atoms with Crippen molar-refractivity contribution < 1.29 is 4.79 Å². The van der Waals surface area contributed by atoms with Gasteiger partial charge in [0, 0.05) is 55.9 Å². The number of rotatable bonds is 4. The highest BCUT2D eigenvalue weighted by molar-refractivity contribution is 5.75. The Bertz CT molecular complexity index is 665. The van der Waals surface area contributed by atoms with Crippen molar-refractivity contribution in [3.63, 3.8) is 0 Å². The highest BCUT2D eigenvalue weighted by Crippen LogP contribution is 2.24. The number of carbonyl (C=O) groups excluding carboxylic acids is 1. The third-order valence-electron chi connectivity index (χ3n) is 4.59. The number of aryl methyl sites for hydroxylation is 1. The average Bonchev–Trinajstić information content (AvgIpc) is 2.96. The summed E-state index contributed by atoms with van der Waals surface area (Å²) < 4.78 is 2.27. The number of hydrogen-bond donors (Lipinski definition) is 0. The van der Waals surface area contributed by atoms with Gasteiger partial charge in [0.05, 0.1) is 0 Å². The van der Waals surface area contributed by atoms with Gasteiger partial charge in [-0.05, 0) is 37.8 Å². The number of carbonyl (C=O) groups is 1. The maximum Gasteiger partial charge on any atom is 0.222 e. The molecular weight excluding hydrogens is 288 g/mol. The number of pyridine rings is 1. The van der Waals surface area contributed by atoms with E-state index >= 15 is 0 Å². The SMILES string of the molecule is CCC(=O)N1CCCC(Cn2c(C)cnc2-c2cccnc2)C1. The third kappa shape index (κ3) is 3.44. The van der Waals surface area contributed by atoms with Gasteiger partial charge in [-0.25, -0.2) is 4.98 Å². The molecule has 122 valence electrons. The van der Waals surface area contributed by atoms with Gasteiger partial charge in [-0.3, -0.25) is 9.78 Å². The fraction of sp³-hybridized carbons (Fsp3) is 0.500. The Morgan fingerprint density at radius 3 is 3.00 bits per heavy atom. The van der Waals surface area contributed by atoms with Gasteiger partial charge < -0.3 is 9.47 Å². The fourth-order valence-corrected chi connectivity index (χ4v) is 3.34. The van der Waals surface area contributed by atoms with E-state index in [4.69, 9.17) is 0 Å². The molecule has 2 aromatic rings. The molecule has 0 saturated carbocycles. The van der Waals surface area contributed by atoms with Crippen molar-refractivity contribution in [2.45, 2.75) is 39.7 Å². The van der Waals surface area contributed by atoms with Crippen LogP contribution in [0.15, 0.2) is 30.7 Å². The molecule has 1 aliphatic heterocycles. The zero-order chi connectivity index (χ0) is 16.2. The van der Waals surface area contributed by atoms with Crippen LogP contribution in [0.4, 0.5) is 0 Å². The molecule has 3 rings (SSSR count). The quantitative estimate of drug-likeness (QED) is 0.872. The lowest BCUT2D eigenvalue weighted by Crippen LogP contribution is -2.40. The summed E-state index contributed by atoms with van der Waals surface area (Å²) in [5.74, 6) is 1.72. The number of aromatic nitrogens is 3. The maximum absolute atomic E-state index is 12.0. The molecule has 3 heterocycles. The smallest absolute Gasteiger partial charge is 0.222 e. The van der Waals surface area contributed by atoms with E-state index in [1.807, 2.05) is 36.4 Å². The van der Waals surface area contributed by atoms with E-state index in [1.165, 1.54) is 0 Å². The fourth-order valence-electron chi connectivity index (χ4n) is 3.34. The molecule has 1 unspecified atom stereocenters. The third-order valence-corrected chi connectivity index (χ3v) is 4.59. The molecule has 1 atom stereocenters. The minimum atomic E-state index is 0.268. The Labute approximate surface area is 137 Å². The number of likely N-dealkylation sites (tertiary alicyclic amines) is 1. The summed E-state index contributed by atoms with van der Waals surface area (Å²) in [6, 6.07) is 3.98. The van der Waals surface area contributed by atoms with Gasteiger partial charge >= 0.3 is 0 Å². The summed E-state index contributed by atoms with van der Waals surface area (Å²) in [5, 5.41) is 0. The molecule has 0 bridgehead atoms. The van der Waals surface area contributed by atoms with Gasteiger partial charge in [0.15, 0.2) is 0 Å². The Hall–Kier alpha value is -2.17. The number of nitrogens with zero attached hydrogens (tertiary/aromatic N) is 4. The standard InChI is InChI=1S/C18H24N4O/c1-3-17(23)21-9-5-6-15(12-21)13-22-14(2)10-20-18(22)16-7-4-8-19-11-16/h4,7-8,10-11,15H,3,5-6,9,12-13H2,1-2H3. The molecule has 1 saturated heterocycles. The lowest BCUT2D eigenvalue weighted by Gasteiger charge is -2.33. The van der Waals surface area contributed by atoms with E-state index in [1.54, 1.807) is 6.20 Å². The Balaban J connectivity index is 1.78. The molecule has 0 aromatic carbocycles. The topological polar surface area (TPSA) is 51.0 Å². The highest BCUT2D eigenvalue weighted by Gasteiger charge is 2.24. The maximum atomic E-state index is 12.0. The normalized spacial score (nSPS) is 18.2. The van der Waals surface area contributed by atoms with Crippen molar-refractivity contribution in [3.8, 4) is 11.4 Å². The average molecular weight is 312 g/mol. The number of piperidine rings is 1. The van der Waals surface area contributed by atoms with Gasteiger partial charge in [-0.2, -0.15) is 0 Å². The summed E-state index contributed by atoms with van der Waals surface area (Å²) in [6.45, 7) is 6.69. The second-order valence-electron chi connectivity index (χ2n) is 6.28. The first-order valence-electron chi connectivity index (χ1n) is 8.39. The number of imidazole rings is 1. The van der Waals surface area contributed by atoms with Crippen LogP contribution in [0.3, 0.4) is 0 Å². The van der Waals surface area contributed by atoms with Crippen LogP contribution in [-0.4, -0.2) is 38.4 Å². The summed E-state index contributed by atoms with van der Waals surface area (Å²) >= 11 is 0. The van der Waals surface area contributed by atoms with E-state index in [2.05, 4.69) is 21.5 Å². The second kappa shape index (κ2) is 6.94. The molecule has 1 amide bonds. The first kappa shape index (κ1) is 15.7. The van der Waals surface area contributed by atoms with Crippen LogP contribution in [0, 0.1) is 12.8 Å². The minimum absolute atomic E-state index is 0.268. The van der Waals surface area contributed by atoms with E-state index in [0.29, 0.717) is 12.3 Å². The van der Waals surface area contributed by atoms with Crippen molar-refractivity contribution >= 4 is 5.91 Å².